The smallest absolute Gasteiger partial charge is 0.251 e. The van der Waals surface area contributed by atoms with Crippen LogP contribution in [0.1, 0.15) is 40.1 Å². The topological polar surface area (TPSA) is 87.8 Å². The van der Waals surface area contributed by atoms with Crippen molar-refractivity contribution in [2.24, 2.45) is 0 Å². The molecule has 1 atom stereocenters. The number of benzene rings is 2. The molecule has 0 unspecified atom stereocenters. The minimum Gasteiger partial charge on any atom is -0.348 e. The summed E-state index contributed by atoms with van der Waals surface area (Å²) in [5.41, 5.74) is 3.03. The number of nitrogens with zero attached hydrogens (tertiary/aromatic N) is 3. The summed E-state index contributed by atoms with van der Waals surface area (Å²) in [4.78, 5) is 23.7. The van der Waals surface area contributed by atoms with Gasteiger partial charge < -0.3 is 5.32 Å². The lowest BCUT2D eigenvalue weighted by Crippen LogP contribution is -2.35. The van der Waals surface area contributed by atoms with Crippen molar-refractivity contribution in [2.75, 3.05) is 0 Å². The number of nitriles is 1. The summed E-state index contributed by atoms with van der Waals surface area (Å²) >= 11 is 6.09. The van der Waals surface area contributed by atoms with Gasteiger partial charge in [-0.25, -0.2) is 0 Å². The highest BCUT2D eigenvalue weighted by Crippen LogP contribution is 2.24. The maximum absolute atomic E-state index is 12.4. The number of rotatable bonds is 6. The van der Waals surface area contributed by atoms with E-state index in [9.17, 15) is 9.59 Å². The van der Waals surface area contributed by atoms with E-state index in [2.05, 4.69) is 10.4 Å². The molecule has 0 aliphatic heterocycles. The van der Waals surface area contributed by atoms with E-state index >= 15 is 0 Å². The van der Waals surface area contributed by atoms with Crippen molar-refractivity contribution in [3.8, 4) is 17.3 Å². The molecule has 0 fully saturated rings. The van der Waals surface area contributed by atoms with Gasteiger partial charge in [0.25, 0.3) is 5.91 Å². The van der Waals surface area contributed by atoms with Crippen molar-refractivity contribution >= 4 is 23.3 Å². The van der Waals surface area contributed by atoms with Gasteiger partial charge in [0.15, 0.2) is 5.78 Å². The second kappa shape index (κ2) is 8.72. The van der Waals surface area contributed by atoms with Gasteiger partial charge in [0.2, 0.25) is 0 Å². The van der Waals surface area contributed by atoms with Crippen molar-refractivity contribution in [3.63, 3.8) is 0 Å². The normalized spacial score (nSPS) is 11.5. The number of amides is 1. The SMILES string of the molecule is CC(=O)c1ccc(C(=O)N[C@@H](C)Cn2ccc(-c3ccc(C#N)c(Cl)c3)n2)cc1. The maximum atomic E-state index is 12.4. The molecule has 29 heavy (non-hydrogen) atoms. The molecule has 6 nitrogen and oxygen atoms in total. The standard InChI is InChI=1S/C22H19ClN4O2/c1-14(25-22(29)17-5-3-16(4-6-17)15(2)28)13-27-10-9-21(26-27)18-7-8-19(12-24)20(23)11-18/h3-11,14H,13H2,1-2H3,(H,25,29)/t14-/m0/s1. The van der Waals surface area contributed by atoms with E-state index in [1.54, 1.807) is 47.1 Å². The van der Waals surface area contributed by atoms with Crippen LogP contribution >= 0.6 is 11.6 Å². The van der Waals surface area contributed by atoms with Crippen molar-refractivity contribution in [1.29, 1.82) is 5.26 Å². The molecule has 7 heteroatoms. The Balaban J connectivity index is 1.63. The minimum absolute atomic E-state index is 0.0386. The van der Waals surface area contributed by atoms with Crippen LogP contribution in [0.4, 0.5) is 0 Å². The Bertz CT molecular complexity index is 1100. The van der Waals surface area contributed by atoms with Gasteiger partial charge in [-0.2, -0.15) is 10.4 Å². The quantitative estimate of drug-likeness (QED) is 0.624. The van der Waals surface area contributed by atoms with Crippen LogP contribution in [0.15, 0.2) is 54.7 Å². The Morgan fingerprint density at radius 3 is 2.48 bits per heavy atom. The average Bonchev–Trinajstić information content (AvgIpc) is 3.16. The number of hydrogen-bond acceptors (Lipinski definition) is 4. The van der Waals surface area contributed by atoms with E-state index in [0.717, 1.165) is 11.3 Å². The largest absolute Gasteiger partial charge is 0.348 e. The minimum atomic E-state index is -0.209. The molecule has 3 rings (SSSR count). The summed E-state index contributed by atoms with van der Waals surface area (Å²) in [6.07, 6.45) is 1.83. The van der Waals surface area contributed by atoms with Gasteiger partial charge in [0.05, 0.1) is 22.8 Å². The molecule has 1 aromatic heterocycles. The molecule has 3 aromatic rings. The molecule has 0 saturated carbocycles. The summed E-state index contributed by atoms with van der Waals surface area (Å²) in [5.74, 6) is -0.248. The molecule has 1 N–H and O–H groups in total. The van der Waals surface area contributed by atoms with Crippen LogP contribution in [0.2, 0.25) is 5.02 Å². The van der Waals surface area contributed by atoms with Gasteiger partial charge in [-0.3, -0.25) is 14.3 Å². The van der Waals surface area contributed by atoms with Gasteiger partial charge in [-0.15, -0.1) is 0 Å². The molecule has 0 saturated heterocycles. The zero-order chi connectivity index (χ0) is 21.0. The van der Waals surface area contributed by atoms with E-state index < -0.39 is 0 Å². The second-order valence-corrected chi connectivity index (χ2v) is 7.14. The predicted molar refractivity (Wildman–Crippen MR) is 111 cm³/mol. The van der Waals surface area contributed by atoms with Crippen molar-refractivity contribution in [2.45, 2.75) is 26.4 Å². The van der Waals surface area contributed by atoms with Gasteiger partial charge in [-0.05, 0) is 44.2 Å². The molecule has 1 amide bonds. The summed E-state index contributed by atoms with van der Waals surface area (Å²) in [7, 11) is 0. The number of ketones is 1. The lowest BCUT2D eigenvalue weighted by molar-refractivity contribution is 0.0934. The first-order valence-electron chi connectivity index (χ1n) is 9.02. The Morgan fingerprint density at radius 2 is 1.86 bits per heavy atom. The summed E-state index contributed by atoms with van der Waals surface area (Å²) in [6, 6.07) is 15.5. The van der Waals surface area contributed by atoms with Crippen LogP contribution in [0, 0.1) is 11.3 Å². The predicted octanol–water partition coefficient (Wildman–Crippen LogP) is 4.10. The highest BCUT2D eigenvalue weighted by atomic mass is 35.5. The lowest BCUT2D eigenvalue weighted by atomic mass is 10.1. The number of halogens is 1. The Morgan fingerprint density at radius 1 is 1.17 bits per heavy atom. The number of hydrogen-bond donors (Lipinski definition) is 1. The monoisotopic (exact) mass is 406 g/mol. The second-order valence-electron chi connectivity index (χ2n) is 6.74. The zero-order valence-electron chi connectivity index (χ0n) is 16.0. The number of carbonyl (C=O) groups excluding carboxylic acids is 2. The number of nitrogens with one attached hydrogen (secondary N) is 1. The molecule has 0 radical (unpaired) electrons. The number of aromatic nitrogens is 2. The van der Waals surface area contributed by atoms with Gasteiger partial charge >= 0.3 is 0 Å². The van der Waals surface area contributed by atoms with E-state index in [4.69, 9.17) is 16.9 Å². The number of carbonyl (C=O) groups is 2. The summed E-state index contributed by atoms with van der Waals surface area (Å²) in [5, 5.41) is 16.8. The average molecular weight is 407 g/mol. The lowest BCUT2D eigenvalue weighted by Gasteiger charge is -2.14. The third-order valence-corrected chi connectivity index (χ3v) is 4.73. The molecule has 2 aromatic carbocycles. The Hall–Kier alpha value is -3.43. The van der Waals surface area contributed by atoms with E-state index in [0.29, 0.717) is 28.3 Å². The first-order valence-corrected chi connectivity index (χ1v) is 9.40. The Labute approximate surface area is 173 Å². The van der Waals surface area contributed by atoms with E-state index in [1.165, 1.54) is 6.92 Å². The van der Waals surface area contributed by atoms with E-state index in [1.807, 2.05) is 25.3 Å². The molecule has 0 aliphatic carbocycles. The van der Waals surface area contributed by atoms with Crippen LogP contribution in [-0.4, -0.2) is 27.5 Å². The van der Waals surface area contributed by atoms with Crippen molar-refractivity contribution in [1.82, 2.24) is 15.1 Å². The fourth-order valence-electron chi connectivity index (χ4n) is 2.87. The molecular formula is C22H19ClN4O2. The van der Waals surface area contributed by atoms with Gasteiger partial charge in [0.1, 0.15) is 6.07 Å². The van der Waals surface area contributed by atoms with Crippen molar-refractivity contribution < 1.29 is 9.59 Å². The fourth-order valence-corrected chi connectivity index (χ4v) is 3.09. The third kappa shape index (κ3) is 4.89. The molecule has 0 bridgehead atoms. The molecule has 1 heterocycles. The third-order valence-electron chi connectivity index (χ3n) is 4.42. The summed E-state index contributed by atoms with van der Waals surface area (Å²) in [6.45, 7) is 3.87. The van der Waals surface area contributed by atoms with Crippen LogP contribution in [0.3, 0.4) is 0 Å². The molecule has 0 spiro atoms. The molecular weight excluding hydrogens is 388 g/mol. The van der Waals surface area contributed by atoms with Crippen molar-refractivity contribution in [3.05, 3.63) is 76.4 Å². The molecule has 0 aliphatic rings. The first-order chi connectivity index (χ1) is 13.9. The van der Waals surface area contributed by atoms with Gasteiger partial charge in [0, 0.05) is 28.9 Å². The first kappa shape index (κ1) is 20.3. The Kier molecular flexibility index (Phi) is 6.10. The highest BCUT2D eigenvalue weighted by Gasteiger charge is 2.12. The van der Waals surface area contributed by atoms with Crippen LogP contribution in [0.25, 0.3) is 11.3 Å². The van der Waals surface area contributed by atoms with E-state index in [-0.39, 0.29) is 17.7 Å². The molecule has 146 valence electrons. The van der Waals surface area contributed by atoms with Gasteiger partial charge in [-0.1, -0.05) is 29.8 Å². The maximum Gasteiger partial charge on any atom is 0.251 e. The van der Waals surface area contributed by atoms with Crippen LogP contribution < -0.4 is 5.32 Å². The van der Waals surface area contributed by atoms with Crippen LogP contribution in [-0.2, 0) is 6.54 Å². The number of Topliss-reactive ketones (excluding diaryl/α,β-unsaturated/α-hetero) is 1. The zero-order valence-corrected chi connectivity index (χ0v) is 16.8. The van der Waals surface area contributed by atoms with Crippen LogP contribution in [0.5, 0.6) is 0 Å². The summed E-state index contributed by atoms with van der Waals surface area (Å²) < 4.78 is 1.74. The highest BCUT2D eigenvalue weighted by molar-refractivity contribution is 6.32. The fraction of sp³-hybridized carbons (Fsp3) is 0.182.